The number of benzene rings is 1. The van der Waals surface area contributed by atoms with Gasteiger partial charge in [-0.15, -0.1) is 0 Å². The van der Waals surface area contributed by atoms with Crippen LogP contribution in [-0.4, -0.2) is 41.9 Å². The van der Waals surface area contributed by atoms with Gasteiger partial charge in [0.1, 0.15) is 16.3 Å². The van der Waals surface area contributed by atoms with Crippen LogP contribution < -0.4 is 5.73 Å². The Hall–Kier alpha value is -1.44. The van der Waals surface area contributed by atoms with Crippen LogP contribution in [0.1, 0.15) is 6.42 Å². The molecule has 0 radical (unpaired) electrons. The van der Waals surface area contributed by atoms with Crippen molar-refractivity contribution in [3.8, 4) is 0 Å². The molecule has 0 aliphatic rings. The second-order valence-electron chi connectivity index (χ2n) is 4.22. The molecule has 2 aromatic rings. The normalized spacial score (nSPS) is 12.8. The fourth-order valence-electron chi connectivity index (χ4n) is 1.65. The quantitative estimate of drug-likeness (QED) is 0.588. The number of nitrogen functional groups attached to an aromatic ring is 1. The average Bonchev–Trinajstić information content (AvgIpc) is 2.85. The average molecular weight is 298 g/mol. The van der Waals surface area contributed by atoms with Gasteiger partial charge in [-0.05, 0) is 24.6 Å². The zero-order valence-corrected chi connectivity index (χ0v) is 12.1. The molecule has 0 fully saturated rings. The van der Waals surface area contributed by atoms with Crippen LogP contribution in [0.2, 0.25) is 0 Å². The van der Waals surface area contributed by atoms with E-state index < -0.39 is 10.8 Å². The number of anilines is 1. The van der Waals surface area contributed by atoms with E-state index >= 15 is 0 Å². The maximum absolute atomic E-state index is 12.0. The second-order valence-corrected chi connectivity index (χ2v) is 5.66. The van der Waals surface area contributed by atoms with Crippen LogP contribution in [0, 0.1) is 0 Å². The predicted octanol–water partition coefficient (Wildman–Crippen LogP) is 1.57. The molecule has 1 atom stereocenters. The molecule has 0 saturated carbocycles. The van der Waals surface area contributed by atoms with Crippen molar-refractivity contribution in [1.82, 2.24) is 4.98 Å². The summed E-state index contributed by atoms with van der Waals surface area (Å²) >= 11 is 0. The van der Waals surface area contributed by atoms with Crippen molar-refractivity contribution in [2.45, 2.75) is 11.6 Å². The van der Waals surface area contributed by atoms with Crippen LogP contribution in [0.25, 0.3) is 11.1 Å². The highest BCUT2D eigenvalue weighted by molar-refractivity contribution is 7.84. The Balaban J connectivity index is 1.85. The lowest BCUT2D eigenvalue weighted by Gasteiger charge is -2.02. The first kappa shape index (κ1) is 15.0. The summed E-state index contributed by atoms with van der Waals surface area (Å²) in [7, 11) is 0.343. The minimum Gasteiger partial charge on any atom is -0.430 e. The molecule has 110 valence electrons. The molecule has 1 unspecified atom stereocenters. The zero-order valence-electron chi connectivity index (χ0n) is 11.3. The molecule has 0 aliphatic carbocycles. The van der Waals surface area contributed by atoms with Crippen LogP contribution >= 0.6 is 0 Å². The fraction of sp³-hybridized carbons (Fsp3) is 0.462. The molecule has 7 heteroatoms. The lowest BCUT2D eigenvalue weighted by molar-refractivity contribution is 0.112. The summed E-state index contributed by atoms with van der Waals surface area (Å²) in [5, 5.41) is 0.214. The molecule has 6 nitrogen and oxygen atoms in total. The summed E-state index contributed by atoms with van der Waals surface area (Å²) in [6.07, 6.45) is 0.825. The van der Waals surface area contributed by atoms with Gasteiger partial charge in [-0.1, -0.05) is 0 Å². The van der Waals surface area contributed by atoms with Crippen molar-refractivity contribution < 1.29 is 18.1 Å². The lowest BCUT2D eigenvalue weighted by atomic mass is 10.3. The van der Waals surface area contributed by atoms with E-state index in [1.807, 2.05) is 0 Å². The number of nitrogens with two attached hydrogens (primary N) is 1. The van der Waals surface area contributed by atoms with Crippen molar-refractivity contribution >= 4 is 27.6 Å². The molecule has 20 heavy (non-hydrogen) atoms. The van der Waals surface area contributed by atoms with E-state index in [1.165, 1.54) is 0 Å². The third kappa shape index (κ3) is 4.03. The Kier molecular flexibility index (Phi) is 5.51. The molecular weight excluding hydrogens is 280 g/mol. The van der Waals surface area contributed by atoms with Crippen LogP contribution in [0.3, 0.4) is 0 Å². The summed E-state index contributed by atoms with van der Waals surface area (Å²) in [5.41, 5.74) is 7.47. The summed E-state index contributed by atoms with van der Waals surface area (Å²) in [4.78, 5) is 4.18. The van der Waals surface area contributed by atoms with Crippen molar-refractivity contribution in [3.05, 3.63) is 18.2 Å². The largest absolute Gasteiger partial charge is 0.430 e. The van der Waals surface area contributed by atoms with Crippen molar-refractivity contribution in [2.24, 2.45) is 0 Å². The van der Waals surface area contributed by atoms with Crippen molar-refractivity contribution in [3.63, 3.8) is 0 Å². The van der Waals surface area contributed by atoms with E-state index in [1.54, 1.807) is 25.3 Å². The minimum atomic E-state index is -1.30. The van der Waals surface area contributed by atoms with E-state index in [2.05, 4.69) is 4.98 Å². The standard InChI is InChI=1S/C13H18N2O4S/c1-17-5-2-6-18-7-8-20(16)13-15-11-9-10(14)3-4-12(11)19-13/h3-4,9H,2,5-8,14H2,1H3. The fourth-order valence-corrected chi connectivity index (χ4v) is 2.48. The smallest absolute Gasteiger partial charge is 0.288 e. The van der Waals surface area contributed by atoms with E-state index in [0.717, 1.165) is 6.42 Å². The van der Waals surface area contributed by atoms with Gasteiger partial charge in [-0.25, -0.2) is 9.19 Å². The molecule has 2 rings (SSSR count). The minimum absolute atomic E-state index is 0.214. The lowest BCUT2D eigenvalue weighted by Crippen LogP contribution is -2.08. The molecular formula is C13H18N2O4S. The van der Waals surface area contributed by atoms with Gasteiger partial charge >= 0.3 is 0 Å². The number of rotatable bonds is 8. The van der Waals surface area contributed by atoms with Gasteiger partial charge in [-0.2, -0.15) is 0 Å². The van der Waals surface area contributed by atoms with Gasteiger partial charge in [0.2, 0.25) is 0 Å². The van der Waals surface area contributed by atoms with Crippen molar-refractivity contribution in [2.75, 3.05) is 38.4 Å². The molecule has 0 amide bonds. The summed E-state index contributed by atoms with van der Waals surface area (Å²) in [6.45, 7) is 1.65. The zero-order chi connectivity index (χ0) is 14.4. The summed E-state index contributed by atoms with van der Waals surface area (Å²) < 4.78 is 27.7. The van der Waals surface area contributed by atoms with Gasteiger partial charge in [0, 0.05) is 26.0 Å². The Bertz CT molecular complexity index is 585. The van der Waals surface area contributed by atoms with Crippen LogP contribution in [0.4, 0.5) is 5.69 Å². The van der Waals surface area contributed by atoms with Gasteiger partial charge in [0.15, 0.2) is 5.58 Å². The van der Waals surface area contributed by atoms with Gasteiger partial charge in [-0.3, -0.25) is 0 Å². The molecule has 1 aromatic carbocycles. The van der Waals surface area contributed by atoms with E-state index in [0.29, 0.717) is 42.4 Å². The van der Waals surface area contributed by atoms with E-state index in [9.17, 15) is 4.21 Å². The van der Waals surface area contributed by atoms with Gasteiger partial charge in [0.25, 0.3) is 5.22 Å². The maximum atomic E-state index is 12.0. The van der Waals surface area contributed by atoms with Crippen molar-refractivity contribution in [1.29, 1.82) is 0 Å². The van der Waals surface area contributed by atoms with Crippen LogP contribution in [-0.2, 0) is 20.3 Å². The Morgan fingerprint density at radius 2 is 2.20 bits per heavy atom. The number of nitrogens with zero attached hydrogens (tertiary/aromatic N) is 1. The first-order valence-corrected chi connectivity index (χ1v) is 7.63. The number of hydrogen-bond donors (Lipinski definition) is 1. The monoisotopic (exact) mass is 298 g/mol. The Labute approximate surface area is 119 Å². The molecule has 0 aliphatic heterocycles. The molecule has 0 saturated heterocycles. The highest BCUT2D eigenvalue weighted by atomic mass is 32.2. The number of oxazole rings is 1. The van der Waals surface area contributed by atoms with Crippen LogP contribution in [0.5, 0.6) is 0 Å². The van der Waals surface area contributed by atoms with Gasteiger partial charge in [0.05, 0.1) is 12.4 Å². The SMILES string of the molecule is COCCCOCCS(=O)c1nc2cc(N)ccc2o1. The predicted molar refractivity (Wildman–Crippen MR) is 77.0 cm³/mol. The molecule has 2 N–H and O–H groups in total. The first-order chi connectivity index (χ1) is 9.70. The molecule has 0 bridgehead atoms. The highest BCUT2D eigenvalue weighted by Crippen LogP contribution is 2.20. The maximum Gasteiger partial charge on any atom is 0.288 e. The molecule has 0 spiro atoms. The highest BCUT2D eigenvalue weighted by Gasteiger charge is 2.12. The Morgan fingerprint density at radius 3 is 3.00 bits per heavy atom. The van der Waals surface area contributed by atoms with Gasteiger partial charge < -0.3 is 19.6 Å². The first-order valence-electron chi connectivity index (χ1n) is 6.32. The molecule has 1 heterocycles. The second kappa shape index (κ2) is 7.37. The number of ether oxygens (including phenoxy) is 2. The summed E-state index contributed by atoms with van der Waals surface area (Å²) in [5.74, 6) is 0.356. The number of methoxy groups -OCH3 is 1. The number of hydrogen-bond acceptors (Lipinski definition) is 6. The summed E-state index contributed by atoms with van der Waals surface area (Å²) in [6, 6.07) is 5.14. The van der Waals surface area contributed by atoms with E-state index in [-0.39, 0.29) is 5.22 Å². The van der Waals surface area contributed by atoms with Crippen LogP contribution in [0.15, 0.2) is 27.8 Å². The number of fused-ring (bicyclic) bond motifs is 1. The molecule has 1 aromatic heterocycles. The number of aromatic nitrogens is 1. The van der Waals surface area contributed by atoms with E-state index in [4.69, 9.17) is 19.6 Å². The third-order valence-corrected chi connectivity index (χ3v) is 3.74. The Morgan fingerprint density at radius 1 is 1.35 bits per heavy atom. The third-order valence-electron chi connectivity index (χ3n) is 2.64. The topological polar surface area (TPSA) is 87.6 Å².